The summed E-state index contributed by atoms with van der Waals surface area (Å²) in [5.41, 5.74) is 10.3. The van der Waals surface area contributed by atoms with E-state index in [4.69, 9.17) is 23.8 Å². The Morgan fingerprint density at radius 1 is 0.315 bits per heavy atom. The van der Waals surface area contributed by atoms with E-state index in [9.17, 15) is 0 Å². The summed E-state index contributed by atoms with van der Waals surface area (Å²) in [4.78, 5) is 15.5. The number of hydrogen-bond donors (Lipinski definition) is 0. The Balaban J connectivity index is 1.11. The van der Waals surface area contributed by atoms with Crippen molar-refractivity contribution in [1.82, 2.24) is 15.0 Å². The summed E-state index contributed by atoms with van der Waals surface area (Å²) in [6, 6.07) is 60.6. The van der Waals surface area contributed by atoms with Crippen LogP contribution in [-0.2, 0) is 0 Å². The lowest BCUT2D eigenvalue weighted by molar-refractivity contribution is 0.668. The topological polar surface area (TPSA) is 65.0 Å². The van der Waals surface area contributed by atoms with Crippen molar-refractivity contribution in [3.05, 3.63) is 176 Å². The van der Waals surface area contributed by atoms with Crippen molar-refractivity contribution in [3.63, 3.8) is 0 Å². The number of rotatable bonds is 5. The number of hydrogen-bond acceptors (Lipinski definition) is 5. The molecule has 0 aliphatic heterocycles. The zero-order valence-corrected chi connectivity index (χ0v) is 28.9. The monoisotopic (exact) mass is 691 g/mol. The maximum absolute atomic E-state index is 6.47. The zero-order chi connectivity index (χ0) is 35.6. The molecule has 0 bridgehead atoms. The predicted octanol–water partition coefficient (Wildman–Crippen LogP) is 13.2. The molecule has 252 valence electrons. The number of nitrogens with zero attached hydrogens (tertiary/aromatic N) is 3. The van der Waals surface area contributed by atoms with Crippen LogP contribution < -0.4 is 0 Å². The van der Waals surface area contributed by atoms with Gasteiger partial charge in [0.15, 0.2) is 17.5 Å². The molecule has 0 unspecified atom stereocenters. The summed E-state index contributed by atoms with van der Waals surface area (Å²) < 4.78 is 12.9. The zero-order valence-electron chi connectivity index (χ0n) is 28.9. The average molecular weight is 692 g/mol. The summed E-state index contributed by atoms with van der Waals surface area (Å²) in [6.45, 7) is 0. The highest BCUT2D eigenvalue weighted by atomic mass is 16.3. The van der Waals surface area contributed by atoms with E-state index >= 15 is 0 Å². The van der Waals surface area contributed by atoms with E-state index in [0.717, 1.165) is 82.5 Å². The van der Waals surface area contributed by atoms with Crippen molar-refractivity contribution in [2.45, 2.75) is 0 Å². The van der Waals surface area contributed by atoms with Gasteiger partial charge in [-0.15, -0.1) is 0 Å². The minimum atomic E-state index is 0.539. The second-order valence-electron chi connectivity index (χ2n) is 13.6. The Bertz CT molecular complexity index is 3210. The van der Waals surface area contributed by atoms with Crippen molar-refractivity contribution in [3.8, 4) is 56.4 Å². The fraction of sp³-hybridized carbons (Fsp3) is 0. The second kappa shape index (κ2) is 12.1. The van der Waals surface area contributed by atoms with Gasteiger partial charge in [-0.05, 0) is 69.4 Å². The summed E-state index contributed by atoms with van der Waals surface area (Å²) in [6.07, 6.45) is 0. The van der Waals surface area contributed by atoms with Gasteiger partial charge >= 0.3 is 0 Å². The lowest BCUT2D eigenvalue weighted by Gasteiger charge is -2.10. The van der Waals surface area contributed by atoms with Crippen LogP contribution in [0.5, 0.6) is 0 Å². The molecule has 0 N–H and O–H groups in total. The number of para-hydroxylation sites is 2. The lowest BCUT2D eigenvalue weighted by Crippen LogP contribution is -2.00. The van der Waals surface area contributed by atoms with Crippen molar-refractivity contribution < 1.29 is 8.83 Å². The van der Waals surface area contributed by atoms with Crippen LogP contribution in [0.25, 0.3) is 111 Å². The van der Waals surface area contributed by atoms with Crippen molar-refractivity contribution in [2.75, 3.05) is 0 Å². The Kier molecular flexibility index (Phi) is 6.79. The van der Waals surface area contributed by atoms with E-state index < -0.39 is 0 Å². The third kappa shape index (κ3) is 4.98. The van der Waals surface area contributed by atoms with Crippen LogP contribution in [0.3, 0.4) is 0 Å². The summed E-state index contributed by atoms with van der Waals surface area (Å²) in [5.74, 6) is 1.68. The third-order valence-corrected chi connectivity index (χ3v) is 10.3. The normalized spacial score (nSPS) is 11.7. The molecule has 3 aromatic heterocycles. The van der Waals surface area contributed by atoms with Crippen LogP contribution in [0.15, 0.2) is 185 Å². The molecule has 0 atom stereocenters. The van der Waals surface area contributed by atoms with Crippen LogP contribution in [0.1, 0.15) is 0 Å². The molecular formula is C49H29N3O2. The highest BCUT2D eigenvalue weighted by molar-refractivity contribution is 6.13. The van der Waals surface area contributed by atoms with Gasteiger partial charge in [-0.1, -0.05) is 140 Å². The number of furan rings is 2. The highest BCUT2D eigenvalue weighted by Crippen LogP contribution is 2.40. The van der Waals surface area contributed by atoms with Gasteiger partial charge in [-0.3, -0.25) is 0 Å². The standard InChI is InChI=1S/C49H29N3O2/c1-2-10-30(11-3-1)32-20-22-33(23-21-32)35-26-27-43-41(29-35)45-39(16-9-19-44(45)53-43)48-50-47(36-25-24-31-12-4-5-13-34(31)28-36)51-49(52-48)40-17-8-15-38-37-14-6-7-18-42(37)54-46(38)40/h1-29H. The molecule has 3 heterocycles. The number of benzene rings is 8. The molecule has 0 spiro atoms. The molecule has 8 aromatic carbocycles. The van der Waals surface area contributed by atoms with Gasteiger partial charge in [0.2, 0.25) is 0 Å². The van der Waals surface area contributed by atoms with Gasteiger partial charge in [0.05, 0.1) is 5.56 Å². The Morgan fingerprint density at radius 3 is 1.78 bits per heavy atom. The van der Waals surface area contributed by atoms with E-state index in [1.165, 1.54) is 11.1 Å². The number of aromatic nitrogens is 3. The van der Waals surface area contributed by atoms with Gasteiger partial charge < -0.3 is 8.83 Å². The molecular weight excluding hydrogens is 663 g/mol. The first-order valence-corrected chi connectivity index (χ1v) is 18.0. The van der Waals surface area contributed by atoms with Gasteiger partial charge in [0.1, 0.15) is 22.3 Å². The molecule has 0 fully saturated rings. The largest absolute Gasteiger partial charge is 0.456 e. The molecule has 0 amide bonds. The van der Waals surface area contributed by atoms with Crippen LogP contribution in [0.4, 0.5) is 0 Å². The predicted molar refractivity (Wildman–Crippen MR) is 219 cm³/mol. The molecule has 54 heavy (non-hydrogen) atoms. The first kappa shape index (κ1) is 30.3. The molecule has 11 aromatic rings. The van der Waals surface area contributed by atoms with Crippen molar-refractivity contribution in [1.29, 1.82) is 0 Å². The van der Waals surface area contributed by atoms with E-state index in [-0.39, 0.29) is 0 Å². The minimum Gasteiger partial charge on any atom is -0.456 e. The first-order chi connectivity index (χ1) is 26.7. The Hall–Kier alpha value is -7.37. The minimum absolute atomic E-state index is 0.539. The Labute approximate surface area is 309 Å². The van der Waals surface area contributed by atoms with Gasteiger partial charge in [-0.25, -0.2) is 15.0 Å². The molecule has 0 saturated carbocycles. The highest BCUT2D eigenvalue weighted by Gasteiger charge is 2.21. The van der Waals surface area contributed by atoms with E-state index in [1.54, 1.807) is 0 Å². The van der Waals surface area contributed by atoms with Crippen LogP contribution in [0, 0.1) is 0 Å². The van der Waals surface area contributed by atoms with E-state index in [2.05, 4.69) is 127 Å². The molecule has 0 aliphatic carbocycles. The van der Waals surface area contributed by atoms with Crippen LogP contribution in [0.2, 0.25) is 0 Å². The molecule has 0 aliphatic rings. The summed E-state index contributed by atoms with van der Waals surface area (Å²) in [7, 11) is 0. The molecule has 0 saturated heterocycles. The maximum Gasteiger partial charge on any atom is 0.167 e. The average Bonchev–Trinajstić information content (AvgIpc) is 3.82. The number of fused-ring (bicyclic) bond motifs is 7. The maximum atomic E-state index is 6.47. The van der Waals surface area contributed by atoms with Gasteiger partial charge in [0, 0.05) is 32.7 Å². The molecule has 5 heteroatoms. The molecule has 11 rings (SSSR count). The van der Waals surface area contributed by atoms with Crippen molar-refractivity contribution >= 4 is 54.6 Å². The molecule has 5 nitrogen and oxygen atoms in total. The van der Waals surface area contributed by atoms with Crippen molar-refractivity contribution in [2.24, 2.45) is 0 Å². The fourth-order valence-corrected chi connectivity index (χ4v) is 7.68. The summed E-state index contributed by atoms with van der Waals surface area (Å²) >= 11 is 0. The van der Waals surface area contributed by atoms with Crippen LogP contribution >= 0.6 is 0 Å². The SMILES string of the molecule is c1ccc(-c2ccc(-c3ccc4oc5cccc(-c6nc(-c7ccc8ccccc8c7)nc(-c7cccc8c7oc7ccccc78)n6)c5c4c3)cc2)cc1. The first-order valence-electron chi connectivity index (χ1n) is 18.0. The van der Waals surface area contributed by atoms with E-state index in [1.807, 2.05) is 48.5 Å². The fourth-order valence-electron chi connectivity index (χ4n) is 7.68. The lowest BCUT2D eigenvalue weighted by atomic mass is 9.98. The van der Waals surface area contributed by atoms with E-state index in [0.29, 0.717) is 17.5 Å². The third-order valence-electron chi connectivity index (χ3n) is 10.3. The molecule has 0 radical (unpaired) electrons. The second-order valence-corrected chi connectivity index (χ2v) is 13.6. The summed E-state index contributed by atoms with van der Waals surface area (Å²) in [5, 5.41) is 6.30. The smallest absolute Gasteiger partial charge is 0.167 e. The quantitative estimate of drug-likeness (QED) is 0.180. The van der Waals surface area contributed by atoms with Gasteiger partial charge in [-0.2, -0.15) is 0 Å². The van der Waals surface area contributed by atoms with Gasteiger partial charge in [0.25, 0.3) is 0 Å². The van der Waals surface area contributed by atoms with Crippen LogP contribution in [-0.4, -0.2) is 15.0 Å². The Morgan fingerprint density at radius 2 is 0.907 bits per heavy atom.